The predicted octanol–water partition coefficient (Wildman–Crippen LogP) is 3.70. The highest BCUT2D eigenvalue weighted by molar-refractivity contribution is 5.41. The van der Waals surface area contributed by atoms with Crippen LogP contribution in [0, 0.1) is 11.7 Å². The maximum atomic E-state index is 13.7. The summed E-state index contributed by atoms with van der Waals surface area (Å²) in [5.74, 6) is 0.852. The average molecular weight is 207 g/mol. The fraction of sp³-hybridized carbons (Fsp3) is 0.538. The Morgan fingerprint density at radius 3 is 2.67 bits per heavy atom. The second kappa shape index (κ2) is 4.21. The summed E-state index contributed by atoms with van der Waals surface area (Å²) < 4.78 is 13.7. The first-order valence-corrected chi connectivity index (χ1v) is 5.73. The van der Waals surface area contributed by atoms with Crippen molar-refractivity contribution in [2.75, 3.05) is 5.73 Å². The molecule has 1 aliphatic carbocycles. The van der Waals surface area contributed by atoms with Crippen molar-refractivity contribution in [2.24, 2.45) is 5.92 Å². The largest absolute Gasteiger partial charge is 0.399 e. The third kappa shape index (κ3) is 2.14. The van der Waals surface area contributed by atoms with Crippen molar-refractivity contribution < 1.29 is 4.39 Å². The van der Waals surface area contributed by atoms with Gasteiger partial charge in [-0.1, -0.05) is 32.3 Å². The second-order valence-electron chi connectivity index (χ2n) is 4.65. The zero-order valence-corrected chi connectivity index (χ0v) is 9.17. The van der Waals surface area contributed by atoms with Crippen LogP contribution in [0.3, 0.4) is 0 Å². The minimum absolute atomic E-state index is 0.131. The van der Waals surface area contributed by atoms with Crippen molar-refractivity contribution >= 4 is 5.69 Å². The molecule has 1 aromatic rings. The van der Waals surface area contributed by atoms with Gasteiger partial charge < -0.3 is 5.73 Å². The molecule has 0 spiro atoms. The molecule has 1 saturated carbocycles. The van der Waals surface area contributed by atoms with E-state index in [0.717, 1.165) is 12.0 Å². The number of anilines is 1. The second-order valence-corrected chi connectivity index (χ2v) is 4.65. The van der Waals surface area contributed by atoms with Crippen LogP contribution in [0.2, 0.25) is 0 Å². The highest BCUT2D eigenvalue weighted by Crippen LogP contribution is 2.38. The molecule has 2 atom stereocenters. The van der Waals surface area contributed by atoms with E-state index in [2.05, 4.69) is 6.92 Å². The first-order valence-electron chi connectivity index (χ1n) is 5.73. The monoisotopic (exact) mass is 207 g/mol. The van der Waals surface area contributed by atoms with Crippen molar-refractivity contribution in [2.45, 2.75) is 38.5 Å². The number of halogens is 1. The SMILES string of the molecule is C[C@@H]1CCCC[C@H]1c1ccc(N)cc1F. The van der Waals surface area contributed by atoms with Crippen LogP contribution >= 0.6 is 0 Å². The van der Waals surface area contributed by atoms with Gasteiger partial charge in [-0.25, -0.2) is 4.39 Å². The van der Waals surface area contributed by atoms with Gasteiger partial charge in [-0.2, -0.15) is 0 Å². The fourth-order valence-electron chi connectivity index (χ4n) is 2.62. The van der Waals surface area contributed by atoms with E-state index in [0.29, 0.717) is 17.5 Å². The standard InChI is InChI=1S/C13H18FN/c1-9-4-2-3-5-11(9)12-7-6-10(15)8-13(12)14/h6-9,11H,2-5,15H2,1H3/t9-,11-/m1/s1. The molecule has 0 amide bonds. The summed E-state index contributed by atoms with van der Waals surface area (Å²) in [6.45, 7) is 2.22. The Labute approximate surface area is 90.5 Å². The van der Waals surface area contributed by atoms with Gasteiger partial charge in [0, 0.05) is 5.69 Å². The van der Waals surface area contributed by atoms with E-state index in [4.69, 9.17) is 5.73 Å². The highest BCUT2D eigenvalue weighted by atomic mass is 19.1. The van der Waals surface area contributed by atoms with Gasteiger partial charge in [0.05, 0.1) is 0 Å². The summed E-state index contributed by atoms with van der Waals surface area (Å²) in [5.41, 5.74) is 6.92. The molecule has 1 fully saturated rings. The van der Waals surface area contributed by atoms with Gasteiger partial charge in [0.15, 0.2) is 0 Å². The van der Waals surface area contributed by atoms with E-state index in [1.165, 1.54) is 25.3 Å². The van der Waals surface area contributed by atoms with Crippen molar-refractivity contribution in [3.05, 3.63) is 29.6 Å². The van der Waals surface area contributed by atoms with E-state index in [1.807, 2.05) is 6.07 Å². The molecular weight excluding hydrogens is 189 g/mol. The number of hydrogen-bond acceptors (Lipinski definition) is 1. The predicted molar refractivity (Wildman–Crippen MR) is 61.2 cm³/mol. The molecule has 2 rings (SSSR count). The minimum Gasteiger partial charge on any atom is -0.399 e. The molecule has 1 aliphatic rings. The van der Waals surface area contributed by atoms with Crippen molar-refractivity contribution in [1.29, 1.82) is 0 Å². The van der Waals surface area contributed by atoms with E-state index in [9.17, 15) is 4.39 Å². The Balaban J connectivity index is 2.27. The Hall–Kier alpha value is -1.05. The van der Waals surface area contributed by atoms with E-state index in [-0.39, 0.29) is 5.82 Å². The van der Waals surface area contributed by atoms with Gasteiger partial charge >= 0.3 is 0 Å². The fourth-order valence-corrected chi connectivity index (χ4v) is 2.62. The quantitative estimate of drug-likeness (QED) is 0.698. The van der Waals surface area contributed by atoms with Gasteiger partial charge in [0.2, 0.25) is 0 Å². The maximum Gasteiger partial charge on any atom is 0.128 e. The molecule has 0 bridgehead atoms. The first-order chi connectivity index (χ1) is 7.18. The summed E-state index contributed by atoms with van der Waals surface area (Å²) in [5, 5.41) is 0. The van der Waals surface area contributed by atoms with Gasteiger partial charge in [-0.05, 0) is 36.0 Å². The number of rotatable bonds is 1. The van der Waals surface area contributed by atoms with Gasteiger partial charge in [0.1, 0.15) is 5.82 Å². The third-order valence-corrected chi connectivity index (χ3v) is 3.54. The zero-order valence-electron chi connectivity index (χ0n) is 9.17. The van der Waals surface area contributed by atoms with E-state index < -0.39 is 0 Å². The molecule has 82 valence electrons. The van der Waals surface area contributed by atoms with E-state index >= 15 is 0 Å². The molecule has 2 heteroatoms. The van der Waals surface area contributed by atoms with Gasteiger partial charge in [-0.15, -0.1) is 0 Å². The molecule has 0 heterocycles. The summed E-state index contributed by atoms with van der Waals surface area (Å²) in [6.07, 6.45) is 4.84. The molecule has 2 N–H and O–H groups in total. The highest BCUT2D eigenvalue weighted by Gasteiger charge is 2.24. The molecule has 0 aromatic heterocycles. The summed E-state index contributed by atoms with van der Waals surface area (Å²) in [7, 11) is 0. The smallest absolute Gasteiger partial charge is 0.128 e. The lowest BCUT2D eigenvalue weighted by molar-refractivity contribution is 0.323. The van der Waals surface area contributed by atoms with Crippen molar-refractivity contribution in [3.63, 3.8) is 0 Å². The summed E-state index contributed by atoms with van der Waals surface area (Å²) in [6, 6.07) is 5.10. The number of benzene rings is 1. The minimum atomic E-state index is -0.131. The third-order valence-electron chi connectivity index (χ3n) is 3.54. The van der Waals surface area contributed by atoms with E-state index in [1.54, 1.807) is 6.07 Å². The number of nitrogens with two attached hydrogens (primary N) is 1. The average Bonchev–Trinajstić information content (AvgIpc) is 2.20. The molecule has 0 unspecified atom stereocenters. The number of nitrogen functional groups attached to an aromatic ring is 1. The van der Waals surface area contributed by atoms with Crippen molar-refractivity contribution in [1.82, 2.24) is 0 Å². The summed E-state index contributed by atoms with van der Waals surface area (Å²) in [4.78, 5) is 0. The lowest BCUT2D eigenvalue weighted by atomic mass is 9.76. The van der Waals surface area contributed by atoms with Crippen LogP contribution in [0.1, 0.15) is 44.1 Å². The molecule has 0 radical (unpaired) electrons. The Kier molecular flexibility index (Phi) is 2.94. The topological polar surface area (TPSA) is 26.0 Å². The number of hydrogen-bond donors (Lipinski definition) is 1. The molecular formula is C13H18FN. The van der Waals surface area contributed by atoms with Crippen LogP contribution in [-0.2, 0) is 0 Å². The molecule has 1 aromatic carbocycles. The zero-order chi connectivity index (χ0) is 10.8. The van der Waals surface area contributed by atoms with Gasteiger partial charge in [0.25, 0.3) is 0 Å². The molecule has 15 heavy (non-hydrogen) atoms. The molecule has 1 nitrogen and oxygen atoms in total. The maximum absolute atomic E-state index is 13.7. The van der Waals surface area contributed by atoms with Crippen LogP contribution in [-0.4, -0.2) is 0 Å². The Morgan fingerprint density at radius 1 is 1.27 bits per heavy atom. The van der Waals surface area contributed by atoms with Crippen LogP contribution in [0.15, 0.2) is 18.2 Å². The first kappa shape index (κ1) is 10.5. The lowest BCUT2D eigenvalue weighted by Gasteiger charge is -2.29. The Bertz CT molecular complexity index is 348. The van der Waals surface area contributed by atoms with Crippen LogP contribution in [0.25, 0.3) is 0 Å². The van der Waals surface area contributed by atoms with Gasteiger partial charge in [-0.3, -0.25) is 0 Å². The normalized spacial score (nSPS) is 26.5. The molecule has 0 aliphatic heterocycles. The Morgan fingerprint density at radius 2 is 2.00 bits per heavy atom. The van der Waals surface area contributed by atoms with Crippen molar-refractivity contribution in [3.8, 4) is 0 Å². The van der Waals surface area contributed by atoms with Crippen LogP contribution < -0.4 is 5.73 Å². The lowest BCUT2D eigenvalue weighted by Crippen LogP contribution is -2.16. The van der Waals surface area contributed by atoms with Crippen LogP contribution in [0.5, 0.6) is 0 Å². The van der Waals surface area contributed by atoms with Crippen LogP contribution in [0.4, 0.5) is 10.1 Å². The summed E-state index contributed by atoms with van der Waals surface area (Å²) >= 11 is 0. The molecule has 0 saturated heterocycles.